The van der Waals surface area contributed by atoms with Crippen LogP contribution < -0.4 is 0 Å². The van der Waals surface area contributed by atoms with Gasteiger partial charge in [0.2, 0.25) is 0 Å². The first-order valence-electron chi connectivity index (χ1n) is 6.41. The van der Waals surface area contributed by atoms with Crippen LogP contribution >= 0.6 is 35.7 Å². The molecule has 2 nitrogen and oxygen atoms in total. The van der Waals surface area contributed by atoms with Crippen molar-refractivity contribution in [2.24, 2.45) is 0 Å². The molecule has 0 aliphatic heterocycles. The van der Waals surface area contributed by atoms with E-state index in [1.807, 2.05) is 39.8 Å². The van der Waals surface area contributed by atoms with Gasteiger partial charge in [-0.1, -0.05) is 0 Å². The van der Waals surface area contributed by atoms with Crippen LogP contribution in [0.25, 0.3) is 0 Å². The maximum absolute atomic E-state index is 6.61. The Morgan fingerprint density at radius 2 is 1.14 bits per heavy atom. The summed E-state index contributed by atoms with van der Waals surface area (Å²) in [4.78, 5) is 9.09. The van der Waals surface area contributed by atoms with Gasteiger partial charge in [-0.15, -0.1) is 0 Å². The zero-order valence-electron chi connectivity index (χ0n) is 12.3. The van der Waals surface area contributed by atoms with Crippen molar-refractivity contribution in [3.05, 3.63) is 46.8 Å². The molecule has 0 amide bonds. The summed E-state index contributed by atoms with van der Waals surface area (Å²) in [5.74, 6) is 0. The van der Waals surface area contributed by atoms with Crippen molar-refractivity contribution in [1.82, 2.24) is 9.97 Å². The third kappa shape index (κ3) is 5.20. The van der Waals surface area contributed by atoms with E-state index in [-0.39, 0.29) is 0 Å². The molecule has 0 saturated heterocycles. The number of hydrogen-bond donors (Lipinski definition) is 0. The van der Waals surface area contributed by atoms with E-state index in [1.54, 1.807) is 0 Å². The van der Waals surface area contributed by atoms with Gasteiger partial charge in [-0.2, -0.15) is 0 Å². The molecule has 0 atom stereocenters. The Labute approximate surface area is 142 Å². The molecular weight excluding hydrogens is 450 g/mol. The van der Waals surface area contributed by atoms with Gasteiger partial charge in [0.1, 0.15) is 0 Å². The first-order valence-corrected chi connectivity index (χ1v) is 22.3. The van der Waals surface area contributed by atoms with Gasteiger partial charge in [0.25, 0.3) is 0 Å². The molecule has 0 radical (unpaired) electrons. The molecule has 2 rings (SSSR count). The molecule has 112 valence electrons. The van der Waals surface area contributed by atoms with Gasteiger partial charge in [0.15, 0.2) is 0 Å². The molecular formula is C14H16Cl2N2S2Sn. The second kappa shape index (κ2) is 7.30. The molecule has 0 saturated carbocycles. The van der Waals surface area contributed by atoms with E-state index in [4.69, 9.17) is 17.8 Å². The summed E-state index contributed by atoms with van der Waals surface area (Å²) in [6, 6.07) is 8.08. The number of hydrogen-bond acceptors (Lipinski definition) is 4. The molecule has 0 aliphatic carbocycles. The minimum absolute atomic E-state index is 0.898. The molecule has 0 bridgehead atoms. The van der Waals surface area contributed by atoms with Crippen molar-refractivity contribution in [3.8, 4) is 0 Å². The molecule has 0 unspecified atom stereocenters. The zero-order valence-corrected chi connectivity index (χ0v) is 18.3. The van der Waals surface area contributed by atoms with Crippen LogP contribution in [0.3, 0.4) is 0 Å². The predicted molar refractivity (Wildman–Crippen MR) is 96.6 cm³/mol. The van der Waals surface area contributed by atoms with Gasteiger partial charge in [-0.05, 0) is 0 Å². The fourth-order valence-corrected chi connectivity index (χ4v) is 19.9. The summed E-state index contributed by atoms with van der Waals surface area (Å²) in [5, 5.41) is 1.80. The van der Waals surface area contributed by atoms with E-state index in [2.05, 4.69) is 22.1 Å². The fraction of sp³-hybridized carbons (Fsp3) is 0.286. The van der Waals surface area contributed by atoms with E-state index in [9.17, 15) is 0 Å². The van der Waals surface area contributed by atoms with Gasteiger partial charge < -0.3 is 0 Å². The SMILES string of the molecule is Cc1ccc([S][Sn]([Cl])([Cl])[S]c2ccc(C)c(C)n2)nc1C. The topological polar surface area (TPSA) is 25.8 Å². The number of nitrogens with zero attached hydrogens (tertiary/aromatic N) is 2. The summed E-state index contributed by atoms with van der Waals surface area (Å²) in [6.45, 7) is 8.08. The van der Waals surface area contributed by atoms with Crippen LogP contribution in [0.4, 0.5) is 0 Å². The molecule has 0 spiro atoms. The van der Waals surface area contributed by atoms with Crippen LogP contribution in [0.15, 0.2) is 34.3 Å². The molecule has 0 fully saturated rings. The summed E-state index contributed by atoms with van der Waals surface area (Å²) in [6.07, 6.45) is 0. The Balaban J connectivity index is 2.13. The Hall–Kier alpha value is 0.379. The van der Waals surface area contributed by atoms with Gasteiger partial charge in [0, 0.05) is 0 Å². The molecule has 0 aromatic carbocycles. The van der Waals surface area contributed by atoms with Crippen molar-refractivity contribution in [2.75, 3.05) is 0 Å². The Bertz CT molecular complexity index is 610. The molecule has 21 heavy (non-hydrogen) atoms. The van der Waals surface area contributed by atoms with Crippen LogP contribution in [-0.4, -0.2) is 23.3 Å². The number of aromatic nitrogens is 2. The van der Waals surface area contributed by atoms with Crippen LogP contribution in [0.5, 0.6) is 0 Å². The van der Waals surface area contributed by atoms with Crippen LogP contribution in [0.2, 0.25) is 0 Å². The molecule has 0 N–H and O–H groups in total. The minimum atomic E-state index is -3.40. The second-order valence-electron chi connectivity index (χ2n) is 4.77. The Morgan fingerprint density at radius 1 is 0.762 bits per heavy atom. The Kier molecular flexibility index (Phi) is 6.16. The van der Waals surface area contributed by atoms with E-state index in [0.717, 1.165) is 21.4 Å². The van der Waals surface area contributed by atoms with Crippen LogP contribution in [0.1, 0.15) is 22.5 Å². The van der Waals surface area contributed by atoms with E-state index >= 15 is 0 Å². The first kappa shape index (κ1) is 17.7. The van der Waals surface area contributed by atoms with E-state index in [0.29, 0.717) is 0 Å². The molecule has 0 aliphatic rings. The number of rotatable bonds is 4. The molecule has 2 aromatic rings. The van der Waals surface area contributed by atoms with Crippen molar-refractivity contribution in [2.45, 2.75) is 37.7 Å². The van der Waals surface area contributed by atoms with Gasteiger partial charge in [0.05, 0.1) is 0 Å². The molecule has 2 heterocycles. The second-order valence-corrected chi connectivity index (χ2v) is 37.0. The number of aryl methyl sites for hydroxylation is 4. The average Bonchev–Trinajstić information content (AvgIpc) is 2.37. The zero-order chi connectivity index (χ0) is 15.6. The molecule has 7 heteroatoms. The van der Waals surface area contributed by atoms with Crippen LogP contribution in [0, 0.1) is 27.7 Å². The van der Waals surface area contributed by atoms with Crippen molar-refractivity contribution < 1.29 is 0 Å². The van der Waals surface area contributed by atoms with Crippen LogP contribution in [-0.2, 0) is 0 Å². The van der Waals surface area contributed by atoms with Gasteiger partial charge >= 0.3 is 144 Å². The normalized spacial score (nSPS) is 11.7. The summed E-state index contributed by atoms with van der Waals surface area (Å²) in [5.41, 5.74) is 4.38. The van der Waals surface area contributed by atoms with Gasteiger partial charge in [-0.25, -0.2) is 0 Å². The maximum atomic E-state index is 6.61. The predicted octanol–water partition coefficient (Wildman–Crippen LogP) is 5.51. The first-order chi connectivity index (χ1) is 9.77. The van der Waals surface area contributed by atoms with Crippen molar-refractivity contribution in [1.29, 1.82) is 0 Å². The third-order valence-electron chi connectivity index (χ3n) is 3.10. The average molecular weight is 466 g/mol. The summed E-state index contributed by atoms with van der Waals surface area (Å²) < 4.78 is 0. The van der Waals surface area contributed by atoms with E-state index in [1.165, 1.54) is 29.0 Å². The van der Waals surface area contributed by atoms with E-state index < -0.39 is 13.4 Å². The summed E-state index contributed by atoms with van der Waals surface area (Å²) >= 11 is -3.40. The van der Waals surface area contributed by atoms with Gasteiger partial charge in [-0.3, -0.25) is 0 Å². The number of halogens is 2. The standard InChI is InChI=1S/2C7H9NS.2ClH.Sn/c2*1-5-3-4-7(9)8-6(5)2;;;/h2*3-4H,1-2H3,(H,8,9);2*1H;/q;;;;+4/p-4. The Morgan fingerprint density at radius 3 is 1.48 bits per heavy atom. The van der Waals surface area contributed by atoms with Crippen molar-refractivity contribution in [3.63, 3.8) is 0 Å². The third-order valence-corrected chi connectivity index (χ3v) is 21.7. The number of pyridine rings is 2. The molecule has 2 aromatic heterocycles. The quantitative estimate of drug-likeness (QED) is 0.556. The summed E-state index contributed by atoms with van der Waals surface area (Å²) in [7, 11) is 16.3. The fourth-order valence-electron chi connectivity index (χ4n) is 1.59. The monoisotopic (exact) mass is 466 g/mol. The van der Waals surface area contributed by atoms with Crippen molar-refractivity contribution >= 4 is 49.1 Å².